The van der Waals surface area contributed by atoms with Crippen LogP contribution < -0.4 is 0 Å². The lowest BCUT2D eigenvalue weighted by atomic mass is 10.1. The Hall–Kier alpha value is -3.06. The van der Waals surface area contributed by atoms with Gasteiger partial charge in [-0.1, -0.05) is 24.3 Å². The van der Waals surface area contributed by atoms with Crippen LogP contribution in [0, 0.1) is 11.3 Å². The molecule has 0 aliphatic carbocycles. The highest BCUT2D eigenvalue weighted by atomic mass is 16.5. The zero-order valence-corrected chi connectivity index (χ0v) is 13.0. The van der Waals surface area contributed by atoms with Crippen LogP contribution in [0.2, 0.25) is 0 Å². The monoisotopic (exact) mass is 304 g/mol. The summed E-state index contributed by atoms with van der Waals surface area (Å²) in [6, 6.07) is 16.1. The van der Waals surface area contributed by atoms with Gasteiger partial charge in [-0.05, 0) is 36.8 Å². The van der Waals surface area contributed by atoms with E-state index in [-0.39, 0.29) is 5.57 Å². The third-order valence-electron chi connectivity index (χ3n) is 3.95. The van der Waals surface area contributed by atoms with Gasteiger partial charge in [0, 0.05) is 28.4 Å². The van der Waals surface area contributed by atoms with Crippen molar-refractivity contribution < 1.29 is 9.53 Å². The smallest absolute Gasteiger partial charge is 0.348 e. The number of nitrogens with zero attached hydrogens (tertiary/aromatic N) is 2. The van der Waals surface area contributed by atoms with Gasteiger partial charge in [0.15, 0.2) is 0 Å². The number of benzene rings is 2. The summed E-state index contributed by atoms with van der Waals surface area (Å²) >= 11 is 0. The van der Waals surface area contributed by atoms with Gasteiger partial charge in [0.25, 0.3) is 0 Å². The van der Waals surface area contributed by atoms with Gasteiger partial charge in [0.2, 0.25) is 0 Å². The molecule has 114 valence electrons. The molecule has 0 aliphatic heterocycles. The van der Waals surface area contributed by atoms with Gasteiger partial charge < -0.3 is 9.30 Å². The first-order valence-corrected chi connectivity index (χ1v) is 7.40. The van der Waals surface area contributed by atoms with E-state index in [1.165, 1.54) is 12.6 Å². The Balaban J connectivity index is 2.24. The van der Waals surface area contributed by atoms with E-state index in [4.69, 9.17) is 5.26 Å². The van der Waals surface area contributed by atoms with Crippen molar-refractivity contribution in [1.29, 1.82) is 5.26 Å². The molecule has 0 atom stereocenters. The molecule has 0 spiro atoms. The van der Waals surface area contributed by atoms with Crippen LogP contribution in [0.5, 0.6) is 0 Å². The van der Waals surface area contributed by atoms with Crippen molar-refractivity contribution in [2.45, 2.75) is 13.5 Å². The topological polar surface area (TPSA) is 55.0 Å². The number of carbonyl (C=O) groups excluding carboxylic acids is 1. The van der Waals surface area contributed by atoms with Crippen LogP contribution >= 0.6 is 0 Å². The minimum absolute atomic E-state index is 0.00826. The lowest BCUT2D eigenvalue weighted by Gasteiger charge is -2.03. The Morgan fingerprint density at radius 2 is 1.96 bits per heavy atom. The van der Waals surface area contributed by atoms with Crippen LogP contribution in [-0.4, -0.2) is 17.6 Å². The van der Waals surface area contributed by atoms with E-state index in [1.807, 2.05) is 36.4 Å². The minimum Gasteiger partial charge on any atom is -0.465 e. The number of ether oxygens (including phenoxy) is 1. The molecule has 0 N–H and O–H groups in total. The number of hydrogen-bond donors (Lipinski definition) is 0. The highest BCUT2D eigenvalue weighted by molar-refractivity contribution is 6.09. The summed E-state index contributed by atoms with van der Waals surface area (Å²) in [5.41, 5.74) is 3.12. The molecule has 0 aliphatic rings. The lowest BCUT2D eigenvalue weighted by molar-refractivity contribution is -0.135. The van der Waals surface area contributed by atoms with E-state index >= 15 is 0 Å². The third-order valence-corrected chi connectivity index (χ3v) is 3.95. The molecular weight excluding hydrogens is 288 g/mol. The Morgan fingerprint density at radius 3 is 2.65 bits per heavy atom. The number of rotatable bonds is 3. The third kappa shape index (κ3) is 2.47. The number of nitriles is 1. The van der Waals surface area contributed by atoms with E-state index < -0.39 is 5.97 Å². The van der Waals surface area contributed by atoms with Crippen molar-refractivity contribution in [1.82, 2.24) is 4.57 Å². The van der Waals surface area contributed by atoms with E-state index in [2.05, 4.69) is 28.4 Å². The Labute approximate surface area is 134 Å². The molecule has 3 aromatic rings. The fraction of sp³-hybridized carbons (Fsp3) is 0.158. The standard InChI is InChI=1S/C19H16N2O2/c1-3-21-17-7-5-4-6-15(17)16-11-13(8-9-18(16)21)10-14(12-20)19(22)23-2/h4-11H,3H2,1-2H3/b14-10+. The number of para-hydroxylation sites is 1. The molecule has 4 nitrogen and oxygen atoms in total. The summed E-state index contributed by atoms with van der Waals surface area (Å²) in [5.74, 6) is -0.622. The average Bonchev–Trinajstić information content (AvgIpc) is 2.92. The van der Waals surface area contributed by atoms with Crippen LogP contribution in [0.25, 0.3) is 27.9 Å². The first kappa shape index (κ1) is 14.9. The highest BCUT2D eigenvalue weighted by Crippen LogP contribution is 2.30. The van der Waals surface area contributed by atoms with Gasteiger partial charge in [0.05, 0.1) is 7.11 Å². The maximum atomic E-state index is 11.6. The summed E-state index contributed by atoms with van der Waals surface area (Å²) in [5, 5.41) is 11.4. The zero-order chi connectivity index (χ0) is 16.4. The molecule has 0 radical (unpaired) electrons. The molecule has 0 amide bonds. The van der Waals surface area contributed by atoms with Gasteiger partial charge in [-0.15, -0.1) is 0 Å². The molecule has 1 aromatic heterocycles. The maximum absolute atomic E-state index is 11.6. The molecule has 4 heteroatoms. The van der Waals surface area contributed by atoms with Crippen LogP contribution in [0.1, 0.15) is 12.5 Å². The second kappa shape index (κ2) is 5.98. The predicted molar refractivity (Wildman–Crippen MR) is 90.7 cm³/mol. The normalized spacial score (nSPS) is 11.6. The number of hydrogen-bond acceptors (Lipinski definition) is 3. The minimum atomic E-state index is -0.622. The van der Waals surface area contributed by atoms with E-state index in [0.717, 1.165) is 28.4 Å². The number of methoxy groups -OCH3 is 1. The van der Waals surface area contributed by atoms with Crippen molar-refractivity contribution in [2.75, 3.05) is 7.11 Å². The fourth-order valence-corrected chi connectivity index (χ4v) is 2.92. The Bertz CT molecular complexity index is 974. The quantitative estimate of drug-likeness (QED) is 0.419. The van der Waals surface area contributed by atoms with Crippen LogP contribution in [0.3, 0.4) is 0 Å². The van der Waals surface area contributed by atoms with Gasteiger partial charge >= 0.3 is 5.97 Å². The molecule has 0 fully saturated rings. The number of aryl methyl sites for hydroxylation is 1. The zero-order valence-electron chi connectivity index (χ0n) is 13.0. The molecule has 1 heterocycles. The second-order valence-corrected chi connectivity index (χ2v) is 5.20. The maximum Gasteiger partial charge on any atom is 0.348 e. The summed E-state index contributed by atoms with van der Waals surface area (Å²) in [6.07, 6.45) is 1.56. The second-order valence-electron chi connectivity index (χ2n) is 5.20. The molecule has 0 unspecified atom stereocenters. The van der Waals surface area contributed by atoms with Crippen LogP contribution in [0.15, 0.2) is 48.0 Å². The number of carbonyl (C=O) groups is 1. The summed E-state index contributed by atoms with van der Waals surface area (Å²) in [4.78, 5) is 11.6. The van der Waals surface area contributed by atoms with Crippen molar-refractivity contribution in [2.24, 2.45) is 0 Å². The number of aromatic nitrogens is 1. The number of esters is 1. The van der Waals surface area contributed by atoms with Gasteiger partial charge in [-0.2, -0.15) is 5.26 Å². The average molecular weight is 304 g/mol. The van der Waals surface area contributed by atoms with Crippen LogP contribution in [0.4, 0.5) is 0 Å². The van der Waals surface area contributed by atoms with Crippen molar-refractivity contribution in [3.05, 3.63) is 53.6 Å². The Morgan fingerprint density at radius 1 is 1.22 bits per heavy atom. The molecule has 0 saturated carbocycles. The first-order valence-electron chi connectivity index (χ1n) is 7.40. The van der Waals surface area contributed by atoms with E-state index in [0.29, 0.717) is 0 Å². The molecule has 3 rings (SSSR count). The fourth-order valence-electron chi connectivity index (χ4n) is 2.92. The van der Waals surface area contributed by atoms with Crippen molar-refractivity contribution in [3.8, 4) is 6.07 Å². The van der Waals surface area contributed by atoms with Crippen molar-refractivity contribution in [3.63, 3.8) is 0 Å². The predicted octanol–water partition coefficient (Wildman–Crippen LogP) is 3.89. The summed E-state index contributed by atoms with van der Waals surface area (Å²) in [6.45, 7) is 3.00. The Kier molecular flexibility index (Phi) is 3.86. The largest absolute Gasteiger partial charge is 0.465 e. The van der Waals surface area contributed by atoms with Gasteiger partial charge in [-0.3, -0.25) is 0 Å². The summed E-state index contributed by atoms with van der Waals surface area (Å²) < 4.78 is 6.87. The van der Waals surface area contributed by atoms with E-state index in [9.17, 15) is 4.79 Å². The summed E-state index contributed by atoms with van der Waals surface area (Å²) in [7, 11) is 1.27. The molecule has 2 aromatic carbocycles. The lowest BCUT2D eigenvalue weighted by Crippen LogP contribution is -2.02. The molecule has 0 saturated heterocycles. The van der Waals surface area contributed by atoms with Crippen LogP contribution in [-0.2, 0) is 16.1 Å². The molecule has 23 heavy (non-hydrogen) atoms. The highest BCUT2D eigenvalue weighted by Gasteiger charge is 2.11. The van der Waals surface area contributed by atoms with Crippen molar-refractivity contribution >= 4 is 33.9 Å². The first-order chi connectivity index (χ1) is 11.2. The molecule has 0 bridgehead atoms. The number of fused-ring (bicyclic) bond motifs is 3. The van der Waals surface area contributed by atoms with Gasteiger partial charge in [0.1, 0.15) is 11.6 Å². The van der Waals surface area contributed by atoms with E-state index in [1.54, 1.807) is 6.08 Å². The SMILES string of the molecule is CCn1c2ccccc2c2cc(/C=C(\C#N)C(=O)OC)ccc21. The molecular formula is C19H16N2O2. The van der Waals surface area contributed by atoms with Gasteiger partial charge in [-0.25, -0.2) is 4.79 Å².